The van der Waals surface area contributed by atoms with Gasteiger partial charge < -0.3 is 35.2 Å². The van der Waals surface area contributed by atoms with E-state index in [-0.39, 0.29) is 30.3 Å². The fourth-order valence-corrected chi connectivity index (χ4v) is 3.65. The summed E-state index contributed by atoms with van der Waals surface area (Å²) < 4.78 is 10.2. The molecule has 0 heterocycles. The van der Waals surface area contributed by atoms with Gasteiger partial charge in [-0.25, -0.2) is 4.79 Å². The van der Waals surface area contributed by atoms with E-state index >= 15 is 0 Å². The maximum absolute atomic E-state index is 10.8. The molecule has 2 amide bonds. The molecular weight excluding hydrogens is 435 g/mol. The lowest BCUT2D eigenvalue weighted by Gasteiger charge is -2.22. The van der Waals surface area contributed by atoms with Crippen molar-refractivity contribution in [2.24, 2.45) is 0 Å². The van der Waals surface area contributed by atoms with Gasteiger partial charge in [0.2, 0.25) is 7.57 Å². The van der Waals surface area contributed by atoms with Crippen molar-refractivity contribution in [1.82, 2.24) is 21.3 Å². The minimum absolute atomic E-state index is 0.0513. The molecule has 0 rings (SSSR count). The highest BCUT2D eigenvalue weighted by atomic mass is 32.1. The number of hydrogen-bond acceptors (Lipinski definition) is 5. The minimum atomic E-state index is -2.80. The molecule has 0 fully saturated rings. The molecule has 0 atom stereocenters. The Morgan fingerprint density at radius 3 is 1.16 bits per heavy atom. The van der Waals surface area contributed by atoms with Crippen LogP contribution in [0.5, 0.6) is 0 Å². The predicted molar refractivity (Wildman–Crippen MR) is 140 cm³/mol. The van der Waals surface area contributed by atoms with Crippen molar-refractivity contribution < 1.29 is 18.7 Å². The molecule has 0 aromatic rings. The Hall–Kier alpha value is -0.860. The van der Waals surface area contributed by atoms with Gasteiger partial charge >= 0.3 is 6.03 Å². The van der Waals surface area contributed by atoms with E-state index in [2.05, 4.69) is 55.3 Å². The number of thiocarbonyl (C=S) groups is 1. The van der Waals surface area contributed by atoms with E-state index in [0.717, 1.165) is 5.11 Å². The molecule has 0 unspecified atom stereocenters. The number of amides is 2. The molecule has 31 heavy (non-hydrogen) atoms. The van der Waals surface area contributed by atoms with E-state index in [1.165, 1.54) is 0 Å². The lowest BCUT2D eigenvalue weighted by molar-refractivity contribution is 0.135. The summed E-state index contributed by atoms with van der Waals surface area (Å²) in [4.78, 5) is 20.3. The molecule has 0 aromatic carbocycles. The van der Waals surface area contributed by atoms with Crippen LogP contribution >= 0.6 is 19.8 Å². The third kappa shape index (κ3) is 34.0. The first-order valence-corrected chi connectivity index (χ1v) is 13.0. The van der Waals surface area contributed by atoms with Crippen LogP contribution < -0.4 is 21.3 Å². The minimum Gasteiger partial charge on any atom is -0.361 e. The van der Waals surface area contributed by atoms with Gasteiger partial charge in [0.25, 0.3) is 0 Å². The summed E-state index contributed by atoms with van der Waals surface area (Å²) in [7, 11) is -2.80. The maximum atomic E-state index is 10.8. The average molecular weight is 485 g/mol. The first-order valence-electron chi connectivity index (χ1n) is 10.8. The lowest BCUT2D eigenvalue weighted by Crippen LogP contribution is -2.42. The lowest BCUT2D eigenvalue weighted by atomic mass is 10.4. The largest absolute Gasteiger partial charge is 0.361 e. The summed E-state index contributed by atoms with van der Waals surface area (Å²) in [5.74, 6) is 0. The van der Waals surface area contributed by atoms with Gasteiger partial charge in [-0.2, -0.15) is 0 Å². The second kappa shape index (κ2) is 18.7. The highest BCUT2D eigenvalue weighted by Gasteiger charge is 2.15. The zero-order valence-corrected chi connectivity index (χ0v) is 23.4. The van der Waals surface area contributed by atoms with E-state index in [4.69, 9.17) is 21.3 Å². The van der Waals surface area contributed by atoms with E-state index in [9.17, 15) is 9.69 Å². The van der Waals surface area contributed by atoms with Gasteiger partial charge in [0.15, 0.2) is 5.11 Å². The van der Waals surface area contributed by atoms with Crippen LogP contribution in [0.1, 0.15) is 83.1 Å². The zero-order chi connectivity index (χ0) is 25.4. The van der Waals surface area contributed by atoms with Crippen molar-refractivity contribution >= 4 is 37.2 Å². The van der Waals surface area contributed by atoms with Crippen LogP contribution in [0.3, 0.4) is 0 Å². The molecule has 0 spiro atoms. The number of hydrogen-bond donors (Lipinski definition) is 5. The summed E-state index contributed by atoms with van der Waals surface area (Å²) in [6.07, 6.45) is 3.37. The topological polar surface area (TPSA) is 104 Å². The van der Waals surface area contributed by atoms with Crippen LogP contribution in [0.4, 0.5) is 4.79 Å². The van der Waals surface area contributed by atoms with Crippen molar-refractivity contribution in [3.05, 3.63) is 0 Å². The Balaban J connectivity index is -0.000000380. The highest BCUT2D eigenvalue weighted by molar-refractivity contribution is 7.80. The zero-order valence-electron chi connectivity index (χ0n) is 21.7. The Labute approximate surface area is 196 Å². The van der Waals surface area contributed by atoms with Crippen molar-refractivity contribution in [2.75, 3.05) is 0 Å². The van der Waals surface area contributed by atoms with E-state index in [1.807, 2.05) is 55.4 Å². The van der Waals surface area contributed by atoms with Crippen LogP contribution in [0, 0.1) is 0 Å². The summed E-state index contributed by atoms with van der Waals surface area (Å²) in [5.41, 5.74) is 0. The molecule has 0 aliphatic heterocycles. The molecule has 0 bridgehead atoms. The van der Waals surface area contributed by atoms with Crippen LogP contribution in [0.25, 0.3) is 0 Å². The molecule has 0 aromatic heterocycles. The quantitative estimate of drug-likeness (QED) is 0.257. The third-order valence-corrected chi connectivity index (χ3v) is 4.17. The van der Waals surface area contributed by atoms with Crippen molar-refractivity contribution in [3.63, 3.8) is 0 Å². The van der Waals surface area contributed by atoms with Gasteiger partial charge in [0.1, 0.15) is 0 Å². The molecule has 0 aliphatic rings. The Bertz CT molecular complexity index is 462. The second-order valence-electron chi connectivity index (χ2n) is 8.80. The first-order chi connectivity index (χ1) is 13.9. The standard InChI is InChI=1S/C7H16N2O.C7H16N2S.C7H17O3P/c2*1-5(2)8-7(10)9-6(3)4;1-6(2)9-11(5,8)10-7(3)4/h2*5-6H,1-4H3,(H2,8,9,10);6-8H,5H2,1-4H3. The van der Waals surface area contributed by atoms with Crippen molar-refractivity contribution in [2.45, 2.75) is 119 Å². The van der Waals surface area contributed by atoms with E-state index < -0.39 is 7.57 Å². The molecule has 5 N–H and O–H groups in total. The Morgan fingerprint density at radius 2 is 0.968 bits per heavy atom. The number of carbonyl (C=O) groups is 1. The van der Waals surface area contributed by atoms with Crippen LogP contribution in [0.2, 0.25) is 0 Å². The molecular formula is C21H49N4O4PS. The van der Waals surface area contributed by atoms with Crippen LogP contribution in [0.15, 0.2) is 0 Å². The van der Waals surface area contributed by atoms with Gasteiger partial charge in [0, 0.05) is 24.2 Å². The number of rotatable bonds is 8. The van der Waals surface area contributed by atoms with Crippen molar-refractivity contribution in [3.8, 4) is 0 Å². The molecule has 10 heteroatoms. The fourth-order valence-electron chi connectivity index (χ4n) is 1.82. The monoisotopic (exact) mass is 484 g/mol. The van der Waals surface area contributed by atoms with Crippen LogP contribution in [-0.4, -0.2) is 58.7 Å². The van der Waals surface area contributed by atoms with Gasteiger partial charge in [-0.3, -0.25) is 0 Å². The highest BCUT2D eigenvalue weighted by Crippen LogP contribution is 2.44. The SMILES string of the molecule is C=P(O)(OC(C)C)OC(C)C.CC(C)NC(=O)NC(C)C.CC(C)NC(=S)NC(C)C. The van der Waals surface area contributed by atoms with Gasteiger partial charge in [0.05, 0.1) is 12.2 Å². The Kier molecular flexibility index (Phi) is 20.9. The molecule has 0 saturated heterocycles. The van der Waals surface area contributed by atoms with Crippen molar-refractivity contribution in [1.29, 1.82) is 0 Å². The fraction of sp³-hybridized carbons (Fsp3) is 0.857. The summed E-state index contributed by atoms with van der Waals surface area (Å²) in [6, 6.07) is 1.15. The summed E-state index contributed by atoms with van der Waals surface area (Å²) in [6.45, 7) is 23.3. The second-order valence-corrected chi connectivity index (χ2v) is 10.9. The Morgan fingerprint density at radius 1 is 0.710 bits per heavy atom. The molecule has 0 radical (unpaired) electrons. The van der Waals surface area contributed by atoms with Crippen LogP contribution in [-0.2, 0) is 9.05 Å². The first kappa shape index (κ1) is 34.7. The van der Waals surface area contributed by atoms with E-state index in [0.29, 0.717) is 12.1 Å². The number of nitrogens with one attached hydrogen (secondary N) is 4. The predicted octanol–water partition coefficient (Wildman–Crippen LogP) is 4.39. The number of carbonyl (C=O) groups excluding carboxylic acids is 1. The molecule has 188 valence electrons. The normalized spacial score (nSPS) is 11.2. The average Bonchev–Trinajstić information content (AvgIpc) is 2.41. The van der Waals surface area contributed by atoms with E-state index in [1.54, 1.807) is 0 Å². The molecule has 0 aliphatic carbocycles. The maximum Gasteiger partial charge on any atom is 0.315 e. The number of urea groups is 1. The van der Waals surface area contributed by atoms with Gasteiger partial charge in [-0.1, -0.05) is 0 Å². The molecule has 8 nitrogen and oxygen atoms in total. The molecule has 0 saturated carbocycles. The van der Waals surface area contributed by atoms with Gasteiger partial charge in [-0.05, 0) is 102 Å². The summed E-state index contributed by atoms with van der Waals surface area (Å²) in [5, 5.41) is 12.4. The third-order valence-electron chi connectivity index (χ3n) is 2.43. The smallest absolute Gasteiger partial charge is 0.315 e. The summed E-state index contributed by atoms with van der Waals surface area (Å²) >= 11 is 4.98. The van der Waals surface area contributed by atoms with Gasteiger partial charge in [-0.15, -0.1) is 0 Å².